The maximum absolute atomic E-state index is 15.5. The van der Waals surface area contributed by atoms with E-state index in [1.54, 1.807) is 107 Å². The number of ether oxygens (including phenoxy) is 5. The summed E-state index contributed by atoms with van der Waals surface area (Å²) in [5, 5.41) is 28.8. The van der Waals surface area contributed by atoms with Crippen LogP contribution in [0.5, 0.6) is 0 Å². The fourth-order valence-electron chi connectivity index (χ4n) is 10.4. The van der Waals surface area contributed by atoms with Gasteiger partial charge in [-0.3, -0.25) is 24.0 Å². The van der Waals surface area contributed by atoms with Crippen molar-refractivity contribution < 1.29 is 62.7 Å². The van der Waals surface area contributed by atoms with Crippen molar-refractivity contribution in [3.05, 3.63) is 119 Å². The van der Waals surface area contributed by atoms with Crippen LogP contribution in [0.25, 0.3) is 0 Å². The van der Waals surface area contributed by atoms with E-state index in [-0.39, 0.29) is 29.7 Å². The Kier molecular flexibility index (Phi) is 11.8. The number of esters is 4. The second-order valence-corrected chi connectivity index (χ2v) is 17.7. The van der Waals surface area contributed by atoms with Gasteiger partial charge in [-0.2, -0.15) is 0 Å². The summed E-state index contributed by atoms with van der Waals surface area (Å²) in [6.07, 6.45) is -7.99. The number of ketones is 1. The highest BCUT2D eigenvalue weighted by Crippen LogP contribution is 2.64. The van der Waals surface area contributed by atoms with Crippen LogP contribution in [0.2, 0.25) is 0 Å². The van der Waals surface area contributed by atoms with E-state index in [0.717, 1.165) is 6.92 Å². The number of amides is 1. The van der Waals surface area contributed by atoms with E-state index in [9.17, 15) is 34.2 Å². The SMILES string of the molecule is CC(=O)O[C@H]1C(=O)[C@]2(C)[C@@H](O)CC3OC[C@@]3(OC(C)=O)[C@H]2[C@H](OC(=O)c2ccccc2)[C@]2(O)C[C@H](OC(=O)[C@H](C)[C@@H](NC(=O)c3ccccc3)c3ccccc3)C(C)=C1C2(C)C. The van der Waals surface area contributed by atoms with E-state index in [4.69, 9.17) is 23.7 Å². The smallest absolute Gasteiger partial charge is 0.338 e. The lowest BCUT2D eigenvalue weighted by atomic mass is 9.44. The Morgan fingerprint density at radius 1 is 0.823 bits per heavy atom. The van der Waals surface area contributed by atoms with Crippen LogP contribution in [0.4, 0.5) is 0 Å². The van der Waals surface area contributed by atoms with Gasteiger partial charge in [0.1, 0.15) is 23.9 Å². The minimum absolute atomic E-state index is 0.0787. The van der Waals surface area contributed by atoms with Crippen molar-refractivity contribution in [1.29, 1.82) is 0 Å². The fourth-order valence-corrected chi connectivity index (χ4v) is 10.4. The molecule has 0 spiro atoms. The van der Waals surface area contributed by atoms with Crippen LogP contribution in [0.15, 0.2) is 102 Å². The van der Waals surface area contributed by atoms with Crippen LogP contribution >= 0.6 is 0 Å². The zero-order valence-corrected chi connectivity index (χ0v) is 35.8. The van der Waals surface area contributed by atoms with Gasteiger partial charge in [0.2, 0.25) is 0 Å². The maximum atomic E-state index is 15.5. The number of nitrogens with one attached hydrogen (secondary N) is 1. The molecular weight excluding hydrogens is 799 g/mol. The summed E-state index contributed by atoms with van der Waals surface area (Å²) in [7, 11) is 0. The van der Waals surface area contributed by atoms with Crippen molar-refractivity contribution in [1.82, 2.24) is 5.32 Å². The number of hydrogen-bond acceptors (Lipinski definition) is 13. The second kappa shape index (κ2) is 16.5. The maximum Gasteiger partial charge on any atom is 0.338 e. The molecule has 3 fully saturated rings. The Hall–Kier alpha value is -5.70. The first kappa shape index (κ1) is 44.4. The third-order valence-electron chi connectivity index (χ3n) is 13.8. The highest BCUT2D eigenvalue weighted by Gasteiger charge is 2.78. The Morgan fingerprint density at radius 3 is 1.95 bits per heavy atom. The van der Waals surface area contributed by atoms with Crippen molar-refractivity contribution in [2.75, 3.05) is 6.61 Å². The van der Waals surface area contributed by atoms with Crippen molar-refractivity contribution in [3.63, 3.8) is 0 Å². The third-order valence-corrected chi connectivity index (χ3v) is 13.8. The zero-order valence-electron chi connectivity index (χ0n) is 35.8. The van der Waals surface area contributed by atoms with E-state index in [1.165, 1.54) is 26.0 Å². The summed E-state index contributed by atoms with van der Waals surface area (Å²) in [6.45, 7) is 9.87. The molecule has 2 saturated carbocycles. The molecule has 2 bridgehead atoms. The molecule has 14 nitrogen and oxygen atoms in total. The first-order valence-electron chi connectivity index (χ1n) is 20.8. The Bertz CT molecular complexity index is 2280. The summed E-state index contributed by atoms with van der Waals surface area (Å²) in [4.78, 5) is 83.9. The minimum atomic E-state index is -2.31. The van der Waals surface area contributed by atoms with Gasteiger partial charge in [-0.25, -0.2) is 4.79 Å². The van der Waals surface area contributed by atoms with Crippen LogP contribution in [0, 0.1) is 22.7 Å². The Morgan fingerprint density at radius 2 is 1.40 bits per heavy atom. The quantitative estimate of drug-likeness (QED) is 0.140. The molecular formula is C48H53NO13. The molecule has 7 rings (SSSR count). The predicted octanol–water partition coefficient (Wildman–Crippen LogP) is 5.01. The van der Waals surface area contributed by atoms with E-state index >= 15 is 4.79 Å². The molecule has 14 heteroatoms. The molecule has 1 heterocycles. The van der Waals surface area contributed by atoms with Gasteiger partial charge in [0.25, 0.3) is 5.91 Å². The zero-order chi connectivity index (χ0) is 44.9. The highest BCUT2D eigenvalue weighted by molar-refractivity contribution is 5.96. The average Bonchev–Trinajstić information content (AvgIpc) is 3.24. The molecule has 1 aliphatic heterocycles. The molecule has 4 aliphatic rings. The van der Waals surface area contributed by atoms with Gasteiger partial charge in [0.15, 0.2) is 17.5 Å². The molecule has 11 atom stereocenters. The molecule has 328 valence electrons. The van der Waals surface area contributed by atoms with Crippen LogP contribution < -0.4 is 5.32 Å². The van der Waals surface area contributed by atoms with Gasteiger partial charge in [-0.1, -0.05) is 80.6 Å². The van der Waals surface area contributed by atoms with Gasteiger partial charge in [-0.15, -0.1) is 0 Å². The summed E-state index contributed by atoms with van der Waals surface area (Å²) in [6, 6.07) is 24.5. The van der Waals surface area contributed by atoms with E-state index in [2.05, 4.69) is 5.32 Å². The molecule has 1 unspecified atom stereocenters. The van der Waals surface area contributed by atoms with Crippen LogP contribution in [0.3, 0.4) is 0 Å². The minimum Gasteiger partial charge on any atom is -0.457 e. The number of benzene rings is 3. The van der Waals surface area contributed by atoms with E-state index < -0.39 is 112 Å². The van der Waals surface area contributed by atoms with Crippen LogP contribution in [-0.2, 0) is 42.9 Å². The lowest BCUT2D eigenvalue weighted by Gasteiger charge is -2.67. The Balaban J connectivity index is 1.39. The lowest BCUT2D eigenvalue weighted by molar-refractivity contribution is -0.346. The third kappa shape index (κ3) is 7.31. The molecule has 3 N–H and O–H groups in total. The number of carbonyl (C=O) groups is 6. The Labute approximate surface area is 359 Å². The predicted molar refractivity (Wildman–Crippen MR) is 221 cm³/mol. The number of hydrogen-bond donors (Lipinski definition) is 3. The summed E-state index contributed by atoms with van der Waals surface area (Å²) >= 11 is 0. The molecule has 3 aromatic rings. The molecule has 62 heavy (non-hydrogen) atoms. The second-order valence-electron chi connectivity index (χ2n) is 17.7. The monoisotopic (exact) mass is 851 g/mol. The van der Waals surface area contributed by atoms with Gasteiger partial charge >= 0.3 is 23.9 Å². The first-order valence-corrected chi connectivity index (χ1v) is 20.8. The van der Waals surface area contributed by atoms with Gasteiger partial charge in [0.05, 0.1) is 41.6 Å². The van der Waals surface area contributed by atoms with Crippen molar-refractivity contribution in [3.8, 4) is 0 Å². The number of aliphatic hydroxyl groups is 2. The van der Waals surface area contributed by atoms with E-state index in [1.807, 2.05) is 0 Å². The number of rotatable bonds is 10. The van der Waals surface area contributed by atoms with Crippen molar-refractivity contribution in [2.45, 2.75) is 109 Å². The standard InChI is InChI=1S/C48H53NO13/c1-26-33(60-43(55)27(2)37(30-17-11-8-12-18-30)49-42(54)31-19-13-9-14-20-31)24-48(57)41(61-44(56)32-21-15-10-16-22-32)39-46(7,34(52)23-35-47(39,25-58-35)62-29(4)51)40(53)38(59-28(3)50)36(26)45(48,5)6/h8-22,27,33-35,37-39,41,52,57H,23-25H2,1-7H3,(H,49,54)/t27-,33+,34+,35?,37-,38-,39+,41+,46-,47+,48-/m1/s1. The summed E-state index contributed by atoms with van der Waals surface area (Å²) in [5.41, 5.74) is -6.21. The van der Waals surface area contributed by atoms with Crippen molar-refractivity contribution >= 4 is 35.6 Å². The molecule has 0 aromatic heterocycles. The number of aliphatic hydroxyl groups excluding tert-OH is 1. The molecule has 1 saturated heterocycles. The largest absolute Gasteiger partial charge is 0.457 e. The molecule has 0 radical (unpaired) electrons. The van der Waals surface area contributed by atoms with Crippen LogP contribution in [0.1, 0.15) is 93.6 Å². The number of fused-ring (bicyclic) bond motifs is 5. The van der Waals surface area contributed by atoms with Gasteiger partial charge in [-0.05, 0) is 61.7 Å². The fraction of sp³-hybridized carbons (Fsp3) is 0.458. The average molecular weight is 852 g/mol. The molecule has 3 aromatic carbocycles. The van der Waals surface area contributed by atoms with Crippen molar-refractivity contribution in [2.24, 2.45) is 22.7 Å². The van der Waals surface area contributed by atoms with Gasteiger partial charge in [0, 0.05) is 37.7 Å². The van der Waals surface area contributed by atoms with E-state index in [0.29, 0.717) is 11.1 Å². The summed E-state index contributed by atoms with van der Waals surface area (Å²) in [5.74, 6) is -7.07. The van der Waals surface area contributed by atoms with Gasteiger partial charge < -0.3 is 39.2 Å². The highest BCUT2D eigenvalue weighted by atomic mass is 16.6. The normalized spacial score (nSPS) is 31.9. The summed E-state index contributed by atoms with van der Waals surface area (Å²) < 4.78 is 30.7. The number of carbonyl (C=O) groups excluding carboxylic acids is 6. The molecule has 3 aliphatic carbocycles. The molecule has 1 amide bonds. The first-order chi connectivity index (χ1) is 29.3. The number of Topliss-reactive ketones (excluding diaryl/α,β-unsaturated/α-hetero) is 1. The lowest BCUT2D eigenvalue weighted by Crippen LogP contribution is -2.82. The topological polar surface area (TPSA) is 201 Å². The van der Waals surface area contributed by atoms with Crippen LogP contribution in [-0.4, -0.2) is 94.1 Å².